The van der Waals surface area contributed by atoms with Crippen LogP contribution in [0.15, 0.2) is 48.5 Å². The van der Waals surface area contributed by atoms with Crippen molar-refractivity contribution < 1.29 is 27.6 Å². The lowest BCUT2D eigenvalue weighted by Gasteiger charge is -2.21. The molecular weight excluding hydrogens is 447 g/mol. The summed E-state index contributed by atoms with van der Waals surface area (Å²) in [6.45, 7) is 1.75. The number of amides is 3. The molecule has 2 aromatic carbocycles. The zero-order valence-electron chi connectivity index (χ0n) is 17.3. The quantitative estimate of drug-likeness (QED) is 0.536. The molecule has 0 aliphatic rings. The highest BCUT2D eigenvalue weighted by Crippen LogP contribution is 2.34. The number of nitrogens with zero attached hydrogens (tertiary/aromatic N) is 1. The van der Waals surface area contributed by atoms with Gasteiger partial charge in [-0.1, -0.05) is 23.7 Å². The number of alkyl halides is 3. The molecule has 0 fully saturated rings. The van der Waals surface area contributed by atoms with E-state index in [1.807, 2.05) is 0 Å². The van der Waals surface area contributed by atoms with E-state index in [1.165, 1.54) is 17.0 Å². The van der Waals surface area contributed by atoms with E-state index in [4.69, 9.17) is 11.6 Å². The second kappa shape index (κ2) is 11.5. The highest BCUT2D eigenvalue weighted by molar-refractivity contribution is 6.30. The van der Waals surface area contributed by atoms with Crippen molar-refractivity contribution in [3.05, 3.63) is 64.7 Å². The molecule has 0 radical (unpaired) electrons. The first-order chi connectivity index (χ1) is 15.1. The van der Waals surface area contributed by atoms with E-state index >= 15 is 0 Å². The molecule has 32 heavy (non-hydrogen) atoms. The molecule has 6 nitrogen and oxygen atoms in total. The maximum absolute atomic E-state index is 13.1. The fraction of sp³-hybridized carbons (Fsp3) is 0.318. The van der Waals surface area contributed by atoms with Gasteiger partial charge in [-0.3, -0.25) is 14.4 Å². The summed E-state index contributed by atoms with van der Waals surface area (Å²) in [6.07, 6.45) is -4.20. The smallest absolute Gasteiger partial charge is 0.352 e. The standard InChI is InChI=1S/C22H23ClF3N3O3/c1-2-29(14-19(30)28-18-7-4-3-6-17(18)22(24,25)26)20(31)8-5-13-27-21(32)15-9-11-16(23)12-10-15/h3-4,6-7,9-12H,2,5,8,13-14H2,1H3,(H,27,32)(H,28,30). The van der Waals surface area contributed by atoms with Crippen LogP contribution in [0.1, 0.15) is 35.7 Å². The first-order valence-corrected chi connectivity index (χ1v) is 10.3. The second-order valence-electron chi connectivity index (χ2n) is 6.87. The zero-order valence-corrected chi connectivity index (χ0v) is 18.1. The monoisotopic (exact) mass is 469 g/mol. The predicted octanol–water partition coefficient (Wildman–Crippen LogP) is 4.36. The Morgan fingerprint density at radius 2 is 1.69 bits per heavy atom. The third-order valence-electron chi connectivity index (χ3n) is 4.53. The Labute approximate surface area is 188 Å². The zero-order chi connectivity index (χ0) is 23.7. The highest BCUT2D eigenvalue weighted by Gasteiger charge is 2.33. The number of rotatable bonds is 9. The summed E-state index contributed by atoms with van der Waals surface area (Å²) in [4.78, 5) is 37.9. The van der Waals surface area contributed by atoms with Crippen LogP contribution in [-0.4, -0.2) is 42.3 Å². The number of hydrogen-bond donors (Lipinski definition) is 2. The minimum absolute atomic E-state index is 0.0706. The summed E-state index contributed by atoms with van der Waals surface area (Å²) in [7, 11) is 0. The van der Waals surface area contributed by atoms with E-state index in [1.54, 1.807) is 31.2 Å². The van der Waals surface area contributed by atoms with Gasteiger partial charge in [0.25, 0.3) is 5.91 Å². The molecule has 10 heteroatoms. The third kappa shape index (κ3) is 7.56. The van der Waals surface area contributed by atoms with Crippen LogP contribution in [0.25, 0.3) is 0 Å². The minimum atomic E-state index is -4.61. The van der Waals surface area contributed by atoms with Crippen molar-refractivity contribution in [3.63, 3.8) is 0 Å². The Kier molecular flexibility index (Phi) is 9.07. The van der Waals surface area contributed by atoms with E-state index in [9.17, 15) is 27.6 Å². The summed E-state index contributed by atoms with van der Waals surface area (Å²) in [6, 6.07) is 11.0. The van der Waals surface area contributed by atoms with E-state index in [0.717, 1.165) is 12.1 Å². The van der Waals surface area contributed by atoms with Crippen LogP contribution in [0, 0.1) is 0 Å². The maximum atomic E-state index is 13.1. The summed E-state index contributed by atoms with van der Waals surface area (Å²) >= 11 is 5.78. The number of carbonyl (C=O) groups is 3. The van der Waals surface area contributed by atoms with Gasteiger partial charge in [-0.25, -0.2) is 0 Å². The van der Waals surface area contributed by atoms with Crippen molar-refractivity contribution >= 4 is 35.0 Å². The summed E-state index contributed by atoms with van der Waals surface area (Å²) in [5.74, 6) is -1.37. The van der Waals surface area contributed by atoms with Crippen molar-refractivity contribution in [2.24, 2.45) is 0 Å². The number of halogens is 4. The Hall–Kier alpha value is -3.07. The number of nitrogens with one attached hydrogen (secondary N) is 2. The number of likely N-dealkylation sites (N-methyl/N-ethyl adjacent to an activating group) is 1. The molecule has 172 valence electrons. The van der Waals surface area contributed by atoms with Crippen molar-refractivity contribution in [1.82, 2.24) is 10.2 Å². The SMILES string of the molecule is CCN(CC(=O)Nc1ccccc1C(F)(F)F)C(=O)CCCNC(=O)c1ccc(Cl)cc1. The van der Waals surface area contributed by atoms with Gasteiger partial charge in [-0.2, -0.15) is 13.2 Å². The van der Waals surface area contributed by atoms with Crippen molar-refractivity contribution in [1.29, 1.82) is 0 Å². The van der Waals surface area contributed by atoms with Gasteiger partial charge in [0.15, 0.2) is 0 Å². The van der Waals surface area contributed by atoms with Gasteiger partial charge < -0.3 is 15.5 Å². The van der Waals surface area contributed by atoms with Crippen molar-refractivity contribution in [2.75, 3.05) is 25.0 Å². The lowest BCUT2D eigenvalue weighted by Crippen LogP contribution is -2.38. The topological polar surface area (TPSA) is 78.5 Å². The summed E-state index contributed by atoms with van der Waals surface area (Å²) in [5.41, 5.74) is -0.885. The van der Waals surface area contributed by atoms with E-state index in [0.29, 0.717) is 17.0 Å². The molecule has 2 rings (SSSR count). The largest absolute Gasteiger partial charge is 0.418 e. The van der Waals surface area contributed by atoms with Gasteiger partial charge in [0.05, 0.1) is 17.8 Å². The van der Waals surface area contributed by atoms with Crippen molar-refractivity contribution in [3.8, 4) is 0 Å². The third-order valence-corrected chi connectivity index (χ3v) is 4.79. The van der Waals surface area contributed by atoms with Crippen LogP contribution < -0.4 is 10.6 Å². The van der Waals surface area contributed by atoms with Gasteiger partial charge in [0.2, 0.25) is 11.8 Å². The summed E-state index contributed by atoms with van der Waals surface area (Å²) in [5, 5.41) is 5.42. The van der Waals surface area contributed by atoms with Gasteiger partial charge in [0, 0.05) is 30.1 Å². The minimum Gasteiger partial charge on any atom is -0.352 e. The fourth-order valence-electron chi connectivity index (χ4n) is 2.88. The number of carbonyl (C=O) groups excluding carboxylic acids is 3. The molecular formula is C22H23ClF3N3O3. The summed E-state index contributed by atoms with van der Waals surface area (Å²) < 4.78 is 39.2. The van der Waals surface area contributed by atoms with Gasteiger partial charge in [-0.05, 0) is 49.7 Å². The van der Waals surface area contributed by atoms with Gasteiger partial charge in [-0.15, -0.1) is 0 Å². The van der Waals surface area contributed by atoms with Crippen LogP contribution in [0.3, 0.4) is 0 Å². The molecule has 0 spiro atoms. The van der Waals surface area contributed by atoms with Crippen molar-refractivity contribution in [2.45, 2.75) is 25.9 Å². The molecule has 3 amide bonds. The molecule has 0 unspecified atom stereocenters. The van der Waals surface area contributed by atoms with Crippen LogP contribution in [0.4, 0.5) is 18.9 Å². The Balaban J connectivity index is 1.82. The molecule has 0 aromatic heterocycles. The molecule has 0 saturated heterocycles. The van der Waals surface area contributed by atoms with Crippen LogP contribution in [0.2, 0.25) is 5.02 Å². The number of anilines is 1. The second-order valence-corrected chi connectivity index (χ2v) is 7.30. The normalized spacial score (nSPS) is 11.0. The molecule has 2 N–H and O–H groups in total. The molecule has 0 aliphatic carbocycles. The first kappa shape index (κ1) is 25.2. The van der Waals surface area contributed by atoms with Crippen LogP contribution >= 0.6 is 11.6 Å². The molecule has 2 aromatic rings. The lowest BCUT2D eigenvalue weighted by atomic mass is 10.1. The Morgan fingerprint density at radius 3 is 2.31 bits per heavy atom. The number of para-hydroxylation sites is 1. The fourth-order valence-corrected chi connectivity index (χ4v) is 3.01. The Bertz CT molecular complexity index is 949. The van der Waals surface area contributed by atoms with Crippen LogP contribution in [0.5, 0.6) is 0 Å². The average Bonchev–Trinajstić information content (AvgIpc) is 2.74. The van der Waals surface area contributed by atoms with Crippen LogP contribution in [-0.2, 0) is 15.8 Å². The van der Waals surface area contributed by atoms with E-state index < -0.39 is 17.6 Å². The number of benzene rings is 2. The highest BCUT2D eigenvalue weighted by atomic mass is 35.5. The molecule has 0 bridgehead atoms. The first-order valence-electron chi connectivity index (χ1n) is 9.89. The van der Waals surface area contributed by atoms with E-state index in [-0.39, 0.29) is 43.6 Å². The molecule has 0 atom stereocenters. The molecule has 0 saturated carbocycles. The van der Waals surface area contributed by atoms with Gasteiger partial charge >= 0.3 is 6.18 Å². The maximum Gasteiger partial charge on any atom is 0.418 e. The Morgan fingerprint density at radius 1 is 1.03 bits per heavy atom. The number of hydrogen-bond acceptors (Lipinski definition) is 3. The predicted molar refractivity (Wildman–Crippen MR) is 115 cm³/mol. The molecule has 0 heterocycles. The molecule has 0 aliphatic heterocycles. The lowest BCUT2D eigenvalue weighted by molar-refractivity contribution is -0.137. The van der Waals surface area contributed by atoms with E-state index in [2.05, 4.69) is 10.6 Å². The van der Waals surface area contributed by atoms with Gasteiger partial charge in [0.1, 0.15) is 0 Å². The average molecular weight is 470 g/mol.